The van der Waals surface area contributed by atoms with Crippen LogP contribution in [0.2, 0.25) is 0 Å². The smallest absolute Gasteiger partial charge is 0.151 e. The molecule has 2 N–H and O–H groups in total. The van der Waals surface area contributed by atoms with Crippen molar-refractivity contribution in [1.29, 1.82) is 0 Å². The fourth-order valence-electron chi connectivity index (χ4n) is 2.53. The van der Waals surface area contributed by atoms with Gasteiger partial charge in [0.05, 0.1) is 17.9 Å². The van der Waals surface area contributed by atoms with Crippen molar-refractivity contribution in [1.82, 2.24) is 14.5 Å². The molecule has 17 heavy (non-hydrogen) atoms. The second kappa shape index (κ2) is 3.87. The predicted molar refractivity (Wildman–Crippen MR) is 68.6 cm³/mol. The minimum atomic E-state index is 0.428. The second-order valence-electron chi connectivity index (χ2n) is 4.50. The summed E-state index contributed by atoms with van der Waals surface area (Å²) >= 11 is 0. The standard InChI is InChI=1S/C13H16N4/c1-2-9-3-4-10(7-9)17-8-16-12-11(17)5-6-15-13(12)14/h5-8,10H,2-4H2,1H3,(H2,14,15). The number of aromatic nitrogens is 3. The van der Waals surface area contributed by atoms with E-state index >= 15 is 0 Å². The summed E-state index contributed by atoms with van der Waals surface area (Å²) in [5.41, 5.74) is 9.25. The lowest BCUT2D eigenvalue weighted by atomic mass is 10.2. The van der Waals surface area contributed by atoms with Crippen LogP contribution in [0.1, 0.15) is 32.2 Å². The van der Waals surface area contributed by atoms with E-state index in [4.69, 9.17) is 5.73 Å². The van der Waals surface area contributed by atoms with E-state index in [0.29, 0.717) is 11.9 Å². The number of anilines is 1. The van der Waals surface area contributed by atoms with Crippen LogP contribution in [0.5, 0.6) is 0 Å². The predicted octanol–water partition coefficient (Wildman–Crippen LogP) is 2.68. The molecule has 1 unspecified atom stereocenters. The number of nitrogens with zero attached hydrogens (tertiary/aromatic N) is 3. The Morgan fingerprint density at radius 3 is 3.12 bits per heavy atom. The number of rotatable bonds is 2. The number of hydrogen-bond acceptors (Lipinski definition) is 3. The highest BCUT2D eigenvalue weighted by atomic mass is 15.1. The maximum atomic E-state index is 5.82. The topological polar surface area (TPSA) is 56.7 Å². The summed E-state index contributed by atoms with van der Waals surface area (Å²) in [5.74, 6) is 0.513. The lowest BCUT2D eigenvalue weighted by molar-refractivity contribution is 0.604. The Morgan fingerprint density at radius 1 is 1.47 bits per heavy atom. The van der Waals surface area contributed by atoms with E-state index in [1.54, 1.807) is 11.8 Å². The zero-order valence-corrected chi connectivity index (χ0v) is 9.93. The summed E-state index contributed by atoms with van der Waals surface area (Å²) in [7, 11) is 0. The van der Waals surface area contributed by atoms with Crippen LogP contribution in [0.4, 0.5) is 5.82 Å². The number of imidazole rings is 1. The van der Waals surface area contributed by atoms with Crippen LogP contribution in [0.3, 0.4) is 0 Å². The average Bonchev–Trinajstić information content (AvgIpc) is 2.94. The van der Waals surface area contributed by atoms with Gasteiger partial charge in [0.2, 0.25) is 0 Å². The molecule has 0 fully saturated rings. The first kappa shape index (κ1) is 10.3. The van der Waals surface area contributed by atoms with Crippen LogP contribution in [0.15, 0.2) is 30.2 Å². The van der Waals surface area contributed by atoms with Gasteiger partial charge in [0, 0.05) is 6.20 Å². The Kier molecular flexibility index (Phi) is 2.35. The minimum Gasteiger partial charge on any atom is -0.382 e. The molecular weight excluding hydrogens is 212 g/mol. The molecule has 88 valence electrons. The first-order valence-corrected chi connectivity index (χ1v) is 6.06. The Balaban J connectivity index is 2.07. The van der Waals surface area contributed by atoms with Gasteiger partial charge in [0.15, 0.2) is 5.82 Å². The zero-order valence-electron chi connectivity index (χ0n) is 9.93. The molecule has 2 aromatic rings. The Labute approximate surface area is 100 Å². The molecule has 0 radical (unpaired) electrons. The van der Waals surface area contributed by atoms with Crippen molar-refractivity contribution in [2.75, 3.05) is 5.73 Å². The quantitative estimate of drug-likeness (QED) is 0.804. The van der Waals surface area contributed by atoms with Gasteiger partial charge in [-0.15, -0.1) is 0 Å². The van der Waals surface area contributed by atoms with Crippen molar-refractivity contribution in [3.63, 3.8) is 0 Å². The van der Waals surface area contributed by atoms with E-state index in [-0.39, 0.29) is 0 Å². The number of allylic oxidation sites excluding steroid dienone is 2. The SMILES string of the molecule is CCC1=CC(n2cnc3c(N)nccc32)CC1. The number of fused-ring (bicyclic) bond motifs is 1. The Hall–Kier alpha value is -1.84. The van der Waals surface area contributed by atoms with Gasteiger partial charge in [-0.1, -0.05) is 18.6 Å². The van der Waals surface area contributed by atoms with Crippen LogP contribution >= 0.6 is 0 Å². The van der Waals surface area contributed by atoms with E-state index in [9.17, 15) is 0 Å². The van der Waals surface area contributed by atoms with E-state index in [2.05, 4.69) is 27.5 Å². The summed E-state index contributed by atoms with van der Waals surface area (Å²) in [5, 5.41) is 0. The first-order valence-electron chi connectivity index (χ1n) is 6.06. The van der Waals surface area contributed by atoms with E-state index < -0.39 is 0 Å². The fraction of sp³-hybridized carbons (Fsp3) is 0.385. The van der Waals surface area contributed by atoms with E-state index in [1.165, 1.54) is 6.42 Å². The molecule has 0 aliphatic heterocycles. The van der Waals surface area contributed by atoms with Gasteiger partial charge in [-0.2, -0.15) is 0 Å². The lowest BCUT2D eigenvalue weighted by Gasteiger charge is -2.10. The molecule has 3 rings (SSSR count). The van der Waals surface area contributed by atoms with Crippen LogP contribution in [0.25, 0.3) is 11.0 Å². The van der Waals surface area contributed by atoms with E-state index in [1.807, 2.05) is 12.4 Å². The summed E-state index contributed by atoms with van der Waals surface area (Å²) < 4.78 is 2.20. The molecular formula is C13H16N4. The maximum absolute atomic E-state index is 5.82. The number of pyridine rings is 1. The van der Waals surface area contributed by atoms with Crippen molar-refractivity contribution in [2.45, 2.75) is 32.2 Å². The van der Waals surface area contributed by atoms with Gasteiger partial charge >= 0.3 is 0 Å². The third kappa shape index (κ3) is 1.60. The summed E-state index contributed by atoms with van der Waals surface area (Å²) in [6.07, 6.45) is 9.49. The summed E-state index contributed by atoms with van der Waals surface area (Å²) in [6, 6.07) is 2.41. The number of hydrogen-bond donors (Lipinski definition) is 1. The molecule has 0 saturated carbocycles. The number of nitrogens with two attached hydrogens (primary N) is 1. The monoisotopic (exact) mass is 228 g/mol. The molecule has 1 aliphatic rings. The second-order valence-corrected chi connectivity index (χ2v) is 4.50. The molecule has 1 aliphatic carbocycles. The van der Waals surface area contributed by atoms with Crippen molar-refractivity contribution in [2.24, 2.45) is 0 Å². The van der Waals surface area contributed by atoms with Crippen LogP contribution in [-0.4, -0.2) is 14.5 Å². The van der Waals surface area contributed by atoms with Crippen molar-refractivity contribution >= 4 is 16.9 Å². The molecule has 2 heterocycles. The van der Waals surface area contributed by atoms with Crippen molar-refractivity contribution < 1.29 is 0 Å². The highest BCUT2D eigenvalue weighted by Gasteiger charge is 2.18. The third-order valence-electron chi connectivity index (χ3n) is 3.52. The van der Waals surface area contributed by atoms with Crippen LogP contribution < -0.4 is 5.73 Å². The molecule has 0 spiro atoms. The Bertz CT molecular complexity index is 582. The average molecular weight is 228 g/mol. The number of nitrogen functional groups attached to an aromatic ring is 1. The van der Waals surface area contributed by atoms with Crippen molar-refractivity contribution in [3.05, 3.63) is 30.2 Å². The molecule has 4 heteroatoms. The molecule has 0 aromatic carbocycles. The molecule has 0 amide bonds. The highest BCUT2D eigenvalue weighted by Crippen LogP contribution is 2.32. The maximum Gasteiger partial charge on any atom is 0.151 e. The summed E-state index contributed by atoms with van der Waals surface area (Å²) in [4.78, 5) is 8.42. The summed E-state index contributed by atoms with van der Waals surface area (Å²) in [6.45, 7) is 2.21. The van der Waals surface area contributed by atoms with E-state index in [0.717, 1.165) is 23.9 Å². The van der Waals surface area contributed by atoms with Crippen LogP contribution in [-0.2, 0) is 0 Å². The molecule has 4 nitrogen and oxygen atoms in total. The molecule has 0 saturated heterocycles. The van der Waals surface area contributed by atoms with Gasteiger partial charge in [0.25, 0.3) is 0 Å². The van der Waals surface area contributed by atoms with Gasteiger partial charge in [-0.3, -0.25) is 0 Å². The minimum absolute atomic E-state index is 0.428. The fourth-order valence-corrected chi connectivity index (χ4v) is 2.53. The van der Waals surface area contributed by atoms with Gasteiger partial charge in [-0.05, 0) is 25.3 Å². The molecule has 2 aromatic heterocycles. The van der Waals surface area contributed by atoms with Crippen LogP contribution in [0, 0.1) is 0 Å². The normalized spacial score (nSPS) is 19.8. The molecule has 0 bridgehead atoms. The largest absolute Gasteiger partial charge is 0.382 e. The third-order valence-corrected chi connectivity index (χ3v) is 3.52. The highest BCUT2D eigenvalue weighted by molar-refractivity contribution is 5.84. The van der Waals surface area contributed by atoms with Crippen molar-refractivity contribution in [3.8, 4) is 0 Å². The van der Waals surface area contributed by atoms with Gasteiger partial charge in [-0.25, -0.2) is 9.97 Å². The zero-order chi connectivity index (χ0) is 11.8. The Morgan fingerprint density at radius 2 is 2.35 bits per heavy atom. The van der Waals surface area contributed by atoms with Gasteiger partial charge in [0.1, 0.15) is 5.52 Å². The first-order chi connectivity index (χ1) is 8.29. The lowest BCUT2D eigenvalue weighted by Crippen LogP contribution is -2.02. The molecule has 1 atom stereocenters. The van der Waals surface area contributed by atoms with Gasteiger partial charge < -0.3 is 10.3 Å².